The van der Waals surface area contributed by atoms with Crippen LogP contribution < -0.4 is 0 Å². The third kappa shape index (κ3) is 1.19. The molecule has 0 aromatic heterocycles. The topological polar surface area (TPSA) is 37.4 Å². The summed E-state index contributed by atoms with van der Waals surface area (Å²) in [6.07, 6.45) is 3.36. The molecule has 2 aliphatic heterocycles. The van der Waals surface area contributed by atoms with Gasteiger partial charge in [0, 0.05) is 30.2 Å². The molecule has 3 nitrogen and oxygen atoms in total. The van der Waals surface area contributed by atoms with Crippen LogP contribution in [0, 0.1) is 0 Å². The molecule has 1 fully saturated rings. The van der Waals surface area contributed by atoms with Gasteiger partial charge in [-0.15, -0.1) is 0 Å². The summed E-state index contributed by atoms with van der Waals surface area (Å²) in [5.74, 6) is 0.301. The van der Waals surface area contributed by atoms with Crippen molar-refractivity contribution in [2.24, 2.45) is 0 Å². The van der Waals surface area contributed by atoms with Gasteiger partial charge >= 0.3 is 0 Å². The number of amides is 1. The lowest BCUT2D eigenvalue weighted by Gasteiger charge is -2.38. The van der Waals surface area contributed by atoms with Gasteiger partial charge in [-0.1, -0.05) is 0 Å². The molecule has 0 bridgehead atoms. The first-order chi connectivity index (χ1) is 6.00. The predicted octanol–water partition coefficient (Wildman–Crippen LogP) is 1.24. The second-order valence-electron chi connectivity index (χ2n) is 4.32. The summed E-state index contributed by atoms with van der Waals surface area (Å²) in [4.78, 5) is 24.6. The van der Waals surface area contributed by atoms with Gasteiger partial charge in [0.25, 0.3) is 0 Å². The van der Waals surface area contributed by atoms with Gasteiger partial charge in [0.15, 0.2) is 5.78 Å². The highest BCUT2D eigenvalue weighted by molar-refractivity contribution is 5.96. The van der Waals surface area contributed by atoms with Crippen LogP contribution >= 0.6 is 0 Å². The maximum absolute atomic E-state index is 11.5. The maximum Gasteiger partial charge on any atom is 0.227 e. The largest absolute Gasteiger partial charge is 0.310 e. The van der Waals surface area contributed by atoms with Crippen LogP contribution in [0.5, 0.6) is 0 Å². The van der Waals surface area contributed by atoms with Gasteiger partial charge in [-0.25, -0.2) is 0 Å². The number of ketones is 1. The van der Waals surface area contributed by atoms with Crippen LogP contribution in [0.1, 0.15) is 33.1 Å². The molecule has 0 saturated carbocycles. The molecule has 3 heteroatoms. The summed E-state index contributed by atoms with van der Waals surface area (Å²) in [5, 5.41) is 0. The van der Waals surface area contributed by atoms with Gasteiger partial charge in [-0.3, -0.25) is 9.59 Å². The third-order valence-corrected chi connectivity index (χ3v) is 2.67. The molecule has 0 aromatic rings. The summed E-state index contributed by atoms with van der Waals surface area (Å²) in [6, 6.07) is 0. The normalized spacial score (nSPS) is 26.0. The summed E-state index contributed by atoms with van der Waals surface area (Å²) in [6.45, 7) is 3.89. The Hall–Kier alpha value is -1.12. The minimum absolute atomic E-state index is 0.144. The van der Waals surface area contributed by atoms with E-state index in [1.807, 2.05) is 13.8 Å². The van der Waals surface area contributed by atoms with Gasteiger partial charge in [0.2, 0.25) is 5.91 Å². The molecular weight excluding hydrogens is 166 g/mol. The van der Waals surface area contributed by atoms with Crippen LogP contribution in [0.25, 0.3) is 0 Å². The highest BCUT2D eigenvalue weighted by Gasteiger charge is 2.41. The molecule has 70 valence electrons. The van der Waals surface area contributed by atoms with E-state index in [4.69, 9.17) is 0 Å². The lowest BCUT2D eigenvalue weighted by atomic mass is 9.91. The Morgan fingerprint density at radius 2 is 2.00 bits per heavy atom. The predicted molar refractivity (Wildman–Crippen MR) is 47.9 cm³/mol. The molecular formula is C10H13NO2. The first kappa shape index (κ1) is 8.48. The Bertz CT molecular complexity index is 315. The molecule has 0 aromatic carbocycles. The molecule has 1 amide bonds. The van der Waals surface area contributed by atoms with Crippen molar-refractivity contribution in [2.75, 3.05) is 0 Å². The van der Waals surface area contributed by atoms with Crippen LogP contribution in [0.15, 0.2) is 11.8 Å². The molecule has 2 heterocycles. The summed E-state index contributed by atoms with van der Waals surface area (Å²) in [5.41, 5.74) is 0.598. The van der Waals surface area contributed by atoms with E-state index in [1.165, 1.54) is 0 Å². The van der Waals surface area contributed by atoms with Crippen LogP contribution in [-0.4, -0.2) is 22.1 Å². The monoisotopic (exact) mass is 179 g/mol. The lowest BCUT2D eigenvalue weighted by molar-refractivity contribution is -0.132. The van der Waals surface area contributed by atoms with E-state index in [-0.39, 0.29) is 17.2 Å². The molecule has 2 rings (SSSR count). The number of carbonyl (C=O) groups excluding carboxylic acids is 2. The molecule has 0 atom stereocenters. The Kier molecular flexibility index (Phi) is 1.59. The molecule has 0 radical (unpaired) electrons. The van der Waals surface area contributed by atoms with Crippen molar-refractivity contribution in [3.63, 3.8) is 0 Å². The van der Waals surface area contributed by atoms with Crippen LogP contribution in [0.2, 0.25) is 0 Å². The molecule has 0 unspecified atom stereocenters. The Morgan fingerprint density at radius 1 is 1.31 bits per heavy atom. The second kappa shape index (κ2) is 2.44. The fourth-order valence-electron chi connectivity index (χ4n) is 2.22. The van der Waals surface area contributed by atoms with Crippen molar-refractivity contribution in [3.05, 3.63) is 11.8 Å². The summed E-state index contributed by atoms with van der Waals surface area (Å²) >= 11 is 0. The Morgan fingerprint density at radius 3 is 2.69 bits per heavy atom. The third-order valence-electron chi connectivity index (χ3n) is 2.67. The summed E-state index contributed by atoms with van der Waals surface area (Å²) < 4.78 is 0. The lowest BCUT2D eigenvalue weighted by Crippen LogP contribution is -2.47. The van der Waals surface area contributed by atoms with Crippen LogP contribution in [0.4, 0.5) is 0 Å². The number of carbonyl (C=O) groups is 2. The van der Waals surface area contributed by atoms with Crippen molar-refractivity contribution in [1.82, 2.24) is 4.90 Å². The minimum atomic E-state index is -0.311. The maximum atomic E-state index is 11.5. The molecule has 0 spiro atoms. The van der Waals surface area contributed by atoms with Crippen molar-refractivity contribution < 1.29 is 9.59 Å². The zero-order valence-corrected chi connectivity index (χ0v) is 7.96. The Balaban J connectivity index is 2.44. The minimum Gasteiger partial charge on any atom is -0.310 e. The van der Waals surface area contributed by atoms with Crippen molar-refractivity contribution in [3.8, 4) is 0 Å². The number of allylic oxidation sites excluding steroid dienone is 2. The van der Waals surface area contributed by atoms with E-state index < -0.39 is 0 Å². The molecule has 0 aliphatic carbocycles. The number of nitrogens with zero attached hydrogens (tertiary/aromatic N) is 1. The fourth-order valence-corrected chi connectivity index (χ4v) is 2.22. The van der Waals surface area contributed by atoms with Gasteiger partial charge in [-0.2, -0.15) is 0 Å². The van der Waals surface area contributed by atoms with Crippen LogP contribution in [0.3, 0.4) is 0 Å². The average molecular weight is 179 g/mol. The molecule has 2 aliphatic rings. The SMILES string of the molecule is CC1(C)CC(=O)C=C2CCC(=O)N21. The molecule has 0 N–H and O–H groups in total. The standard InChI is InChI=1S/C10H13NO2/c1-10(2)6-8(12)5-7-3-4-9(13)11(7)10/h5H,3-4,6H2,1-2H3. The molecule has 1 saturated heterocycles. The highest BCUT2D eigenvalue weighted by Crippen LogP contribution is 2.36. The van der Waals surface area contributed by atoms with E-state index in [9.17, 15) is 9.59 Å². The summed E-state index contributed by atoms with van der Waals surface area (Å²) in [7, 11) is 0. The van der Waals surface area contributed by atoms with E-state index in [2.05, 4.69) is 0 Å². The second-order valence-corrected chi connectivity index (χ2v) is 4.32. The fraction of sp³-hybridized carbons (Fsp3) is 0.600. The van der Waals surface area contributed by atoms with E-state index in [1.54, 1.807) is 11.0 Å². The number of fused-ring (bicyclic) bond motifs is 1. The highest BCUT2D eigenvalue weighted by atomic mass is 16.2. The quantitative estimate of drug-likeness (QED) is 0.561. The van der Waals surface area contributed by atoms with Gasteiger partial charge < -0.3 is 4.90 Å². The number of hydrogen-bond donors (Lipinski definition) is 0. The van der Waals surface area contributed by atoms with Crippen molar-refractivity contribution in [1.29, 1.82) is 0 Å². The van der Waals surface area contributed by atoms with E-state index in [0.717, 1.165) is 12.1 Å². The average Bonchev–Trinajstić information content (AvgIpc) is 2.29. The van der Waals surface area contributed by atoms with Crippen molar-refractivity contribution in [2.45, 2.75) is 38.6 Å². The van der Waals surface area contributed by atoms with Crippen molar-refractivity contribution >= 4 is 11.7 Å². The number of hydrogen-bond acceptors (Lipinski definition) is 2. The van der Waals surface area contributed by atoms with E-state index >= 15 is 0 Å². The van der Waals surface area contributed by atoms with Gasteiger partial charge in [0.05, 0.1) is 0 Å². The first-order valence-electron chi connectivity index (χ1n) is 4.57. The van der Waals surface area contributed by atoms with Crippen LogP contribution in [-0.2, 0) is 9.59 Å². The Labute approximate surface area is 77.4 Å². The smallest absolute Gasteiger partial charge is 0.227 e. The zero-order valence-electron chi connectivity index (χ0n) is 7.96. The number of rotatable bonds is 0. The first-order valence-corrected chi connectivity index (χ1v) is 4.57. The van der Waals surface area contributed by atoms with Gasteiger partial charge in [-0.05, 0) is 20.3 Å². The molecule has 13 heavy (non-hydrogen) atoms. The van der Waals surface area contributed by atoms with Gasteiger partial charge in [0.1, 0.15) is 0 Å². The van der Waals surface area contributed by atoms with E-state index in [0.29, 0.717) is 12.8 Å². The zero-order chi connectivity index (χ0) is 9.64.